The maximum Gasteiger partial charge on any atom is 0.316 e. The van der Waals surface area contributed by atoms with Crippen LogP contribution in [0.4, 0.5) is 0 Å². The number of carbonyl (C=O) groups excluding carboxylic acids is 1. The van der Waals surface area contributed by atoms with Crippen LogP contribution < -0.4 is 0 Å². The Morgan fingerprint density at radius 3 is 2.71 bits per heavy atom. The molecule has 2 aromatic heterocycles. The maximum absolute atomic E-state index is 12.6. The van der Waals surface area contributed by atoms with Crippen LogP contribution in [0, 0.1) is 0 Å². The van der Waals surface area contributed by atoms with Crippen molar-refractivity contribution in [3.05, 3.63) is 24.5 Å². The number of piperidine rings is 1. The minimum absolute atomic E-state index is 0.0104. The van der Waals surface area contributed by atoms with Crippen molar-refractivity contribution < 1.29 is 9.32 Å². The van der Waals surface area contributed by atoms with E-state index in [4.69, 9.17) is 4.52 Å². The van der Waals surface area contributed by atoms with Crippen LogP contribution in [0.15, 0.2) is 23.1 Å². The number of likely N-dealkylation sites (tertiary alicyclic amines) is 1. The molecule has 1 saturated heterocycles. The van der Waals surface area contributed by atoms with Gasteiger partial charge in [0.1, 0.15) is 5.69 Å². The standard InChI is InChI=1S/C14H17N5O2/c1-9-4-3-5-10(2)19(9)14(20)13-17-12(18-21-13)11-8-15-6-7-16-11/h6-10H,3-5H2,1-2H3/t9-,10-/m0/s1. The zero-order chi connectivity index (χ0) is 14.8. The van der Waals surface area contributed by atoms with Crippen molar-refractivity contribution in [2.24, 2.45) is 0 Å². The lowest BCUT2D eigenvalue weighted by molar-refractivity contribution is 0.0461. The lowest BCUT2D eigenvalue weighted by atomic mass is 9.97. The summed E-state index contributed by atoms with van der Waals surface area (Å²) < 4.78 is 5.11. The van der Waals surface area contributed by atoms with Crippen molar-refractivity contribution >= 4 is 5.91 Å². The molecule has 0 bridgehead atoms. The van der Waals surface area contributed by atoms with Crippen LogP contribution in [0.25, 0.3) is 11.5 Å². The number of aromatic nitrogens is 4. The molecule has 0 saturated carbocycles. The SMILES string of the molecule is C[C@H]1CCC[C@H](C)N1C(=O)c1nc(-c2cnccn2)no1. The second-order valence-corrected chi connectivity index (χ2v) is 5.36. The third-order valence-corrected chi connectivity index (χ3v) is 3.83. The number of hydrogen-bond acceptors (Lipinski definition) is 6. The number of carbonyl (C=O) groups is 1. The molecule has 0 radical (unpaired) electrons. The van der Waals surface area contributed by atoms with Crippen molar-refractivity contribution in [3.8, 4) is 11.5 Å². The lowest BCUT2D eigenvalue weighted by Crippen LogP contribution is -2.47. The first-order chi connectivity index (χ1) is 10.2. The molecule has 2 aromatic rings. The Balaban J connectivity index is 1.84. The molecule has 1 amide bonds. The van der Waals surface area contributed by atoms with Crippen molar-refractivity contribution in [3.63, 3.8) is 0 Å². The van der Waals surface area contributed by atoms with Gasteiger partial charge in [0.15, 0.2) is 0 Å². The molecule has 3 rings (SSSR count). The number of hydrogen-bond donors (Lipinski definition) is 0. The van der Waals surface area contributed by atoms with Gasteiger partial charge in [0, 0.05) is 24.5 Å². The fourth-order valence-electron chi connectivity index (χ4n) is 2.76. The minimum Gasteiger partial charge on any atom is -0.329 e. The van der Waals surface area contributed by atoms with Crippen molar-refractivity contribution in [1.82, 2.24) is 25.0 Å². The Labute approximate surface area is 122 Å². The van der Waals surface area contributed by atoms with E-state index >= 15 is 0 Å². The molecule has 110 valence electrons. The lowest BCUT2D eigenvalue weighted by Gasteiger charge is -2.38. The fraction of sp³-hybridized carbons (Fsp3) is 0.500. The molecule has 0 aromatic carbocycles. The molecule has 7 heteroatoms. The topological polar surface area (TPSA) is 85.0 Å². The second-order valence-electron chi connectivity index (χ2n) is 5.36. The van der Waals surface area contributed by atoms with Gasteiger partial charge >= 0.3 is 11.8 Å². The van der Waals surface area contributed by atoms with Gasteiger partial charge in [-0.05, 0) is 33.1 Å². The van der Waals surface area contributed by atoms with Crippen molar-refractivity contribution in [2.45, 2.75) is 45.2 Å². The Kier molecular flexibility index (Phi) is 3.64. The van der Waals surface area contributed by atoms with E-state index in [1.165, 1.54) is 6.20 Å². The van der Waals surface area contributed by atoms with Gasteiger partial charge in [-0.3, -0.25) is 9.78 Å². The molecule has 21 heavy (non-hydrogen) atoms. The Morgan fingerprint density at radius 2 is 2.05 bits per heavy atom. The summed E-state index contributed by atoms with van der Waals surface area (Å²) in [6.45, 7) is 4.10. The number of nitrogens with zero attached hydrogens (tertiary/aromatic N) is 5. The average Bonchev–Trinajstić information content (AvgIpc) is 2.97. The first-order valence-corrected chi connectivity index (χ1v) is 7.09. The zero-order valence-corrected chi connectivity index (χ0v) is 12.1. The van der Waals surface area contributed by atoms with Crippen LogP contribution in [-0.4, -0.2) is 43.0 Å². The molecule has 7 nitrogen and oxygen atoms in total. The first-order valence-electron chi connectivity index (χ1n) is 7.09. The summed E-state index contributed by atoms with van der Waals surface area (Å²) in [6.07, 6.45) is 7.78. The molecule has 0 aliphatic carbocycles. The van der Waals surface area contributed by atoms with Crippen LogP contribution in [-0.2, 0) is 0 Å². The highest BCUT2D eigenvalue weighted by atomic mass is 16.5. The van der Waals surface area contributed by atoms with Crippen LogP contribution in [0.2, 0.25) is 0 Å². The van der Waals surface area contributed by atoms with Gasteiger partial charge in [0.25, 0.3) is 0 Å². The second kappa shape index (κ2) is 5.59. The van der Waals surface area contributed by atoms with Crippen molar-refractivity contribution in [2.75, 3.05) is 0 Å². The highest BCUT2D eigenvalue weighted by Gasteiger charge is 2.32. The summed E-state index contributed by atoms with van der Waals surface area (Å²) in [5, 5.41) is 3.82. The molecule has 1 fully saturated rings. The Hall–Kier alpha value is -2.31. The fourth-order valence-corrected chi connectivity index (χ4v) is 2.76. The van der Waals surface area contributed by atoms with Gasteiger partial charge < -0.3 is 9.42 Å². The summed E-state index contributed by atoms with van der Waals surface area (Å²) in [4.78, 5) is 26.6. The van der Waals surface area contributed by atoms with E-state index in [9.17, 15) is 4.79 Å². The van der Waals surface area contributed by atoms with E-state index < -0.39 is 0 Å². The monoisotopic (exact) mass is 287 g/mol. The molecule has 0 unspecified atom stereocenters. The number of rotatable bonds is 2. The van der Waals surface area contributed by atoms with E-state index in [-0.39, 0.29) is 29.7 Å². The summed E-state index contributed by atoms with van der Waals surface area (Å²) in [5.41, 5.74) is 0.486. The third-order valence-electron chi connectivity index (χ3n) is 3.83. The molecule has 0 N–H and O–H groups in total. The van der Waals surface area contributed by atoms with Gasteiger partial charge in [-0.1, -0.05) is 5.16 Å². The zero-order valence-electron chi connectivity index (χ0n) is 12.1. The molecule has 1 aliphatic heterocycles. The Morgan fingerprint density at radius 1 is 1.29 bits per heavy atom. The van der Waals surface area contributed by atoms with E-state index in [2.05, 4.69) is 20.1 Å². The maximum atomic E-state index is 12.6. The average molecular weight is 287 g/mol. The Bertz CT molecular complexity index is 617. The van der Waals surface area contributed by atoms with E-state index in [0.29, 0.717) is 5.69 Å². The molecule has 0 spiro atoms. The van der Waals surface area contributed by atoms with E-state index in [1.807, 2.05) is 18.7 Å². The quantitative estimate of drug-likeness (QED) is 0.839. The van der Waals surface area contributed by atoms with Crippen LogP contribution in [0.5, 0.6) is 0 Å². The van der Waals surface area contributed by atoms with Gasteiger partial charge in [-0.25, -0.2) is 4.98 Å². The van der Waals surface area contributed by atoms with Gasteiger partial charge in [0.05, 0.1) is 6.20 Å². The van der Waals surface area contributed by atoms with Gasteiger partial charge in [0.2, 0.25) is 5.82 Å². The normalized spacial score (nSPS) is 22.3. The highest BCUT2D eigenvalue weighted by Crippen LogP contribution is 2.24. The molecule has 2 atom stereocenters. The summed E-state index contributed by atoms with van der Waals surface area (Å²) in [6, 6.07) is 0.376. The van der Waals surface area contributed by atoms with Crippen LogP contribution in [0.3, 0.4) is 0 Å². The third kappa shape index (κ3) is 2.63. The van der Waals surface area contributed by atoms with Crippen LogP contribution >= 0.6 is 0 Å². The van der Waals surface area contributed by atoms with Crippen LogP contribution in [0.1, 0.15) is 43.8 Å². The molecule has 1 aliphatic rings. The summed E-state index contributed by atoms with van der Waals surface area (Å²) >= 11 is 0. The van der Waals surface area contributed by atoms with E-state index in [1.54, 1.807) is 12.4 Å². The molecule has 3 heterocycles. The first kappa shape index (κ1) is 13.7. The molecular weight excluding hydrogens is 270 g/mol. The minimum atomic E-state index is -0.211. The summed E-state index contributed by atoms with van der Waals surface area (Å²) in [5.74, 6) is 0.0809. The van der Waals surface area contributed by atoms with Gasteiger partial charge in [-0.15, -0.1) is 0 Å². The smallest absolute Gasteiger partial charge is 0.316 e. The number of amides is 1. The van der Waals surface area contributed by atoms with Crippen molar-refractivity contribution in [1.29, 1.82) is 0 Å². The summed E-state index contributed by atoms with van der Waals surface area (Å²) in [7, 11) is 0. The predicted octanol–water partition coefficient (Wildman–Crippen LogP) is 1.93. The van der Waals surface area contributed by atoms with Gasteiger partial charge in [-0.2, -0.15) is 4.98 Å². The highest BCUT2D eigenvalue weighted by molar-refractivity contribution is 5.90. The molecular formula is C14H17N5O2. The van der Waals surface area contributed by atoms with E-state index in [0.717, 1.165) is 19.3 Å². The largest absolute Gasteiger partial charge is 0.329 e. The predicted molar refractivity (Wildman–Crippen MR) is 74.3 cm³/mol.